The van der Waals surface area contributed by atoms with Crippen LogP contribution in [0.25, 0.3) is 76.5 Å². The van der Waals surface area contributed by atoms with Crippen molar-refractivity contribution in [3.63, 3.8) is 0 Å². The van der Waals surface area contributed by atoms with E-state index in [2.05, 4.69) is 217 Å². The molecule has 0 aliphatic heterocycles. The molecule has 0 saturated carbocycles. The first-order valence-corrected chi connectivity index (χ1v) is 18.3. The lowest BCUT2D eigenvalue weighted by molar-refractivity contribution is 1.28. The lowest BCUT2D eigenvalue weighted by Gasteiger charge is -2.26. The second-order valence-corrected chi connectivity index (χ2v) is 13.7. The summed E-state index contributed by atoms with van der Waals surface area (Å²) in [7, 11) is 0. The molecule has 0 heterocycles. The highest BCUT2D eigenvalue weighted by Crippen LogP contribution is 2.41. The van der Waals surface area contributed by atoms with Gasteiger partial charge in [-0.15, -0.1) is 0 Å². The van der Waals surface area contributed by atoms with Crippen molar-refractivity contribution < 1.29 is 0 Å². The quantitative estimate of drug-likeness (QED) is 0.159. The fraction of sp³-hybridized carbons (Fsp3) is 0. The van der Waals surface area contributed by atoms with Gasteiger partial charge in [0.15, 0.2) is 0 Å². The summed E-state index contributed by atoms with van der Waals surface area (Å²) in [6, 6.07) is 77.2. The van der Waals surface area contributed by atoms with Crippen LogP contribution in [0, 0.1) is 0 Å². The van der Waals surface area contributed by atoms with Gasteiger partial charge in [-0.25, -0.2) is 0 Å². The smallest absolute Gasteiger partial charge is 0.0462 e. The zero-order chi connectivity index (χ0) is 35.1. The molecule has 0 aliphatic carbocycles. The Hall–Kier alpha value is -6.96. The molecule has 0 amide bonds. The summed E-state index contributed by atoms with van der Waals surface area (Å²) in [6.07, 6.45) is 0. The van der Waals surface area contributed by atoms with Crippen molar-refractivity contribution in [3.05, 3.63) is 212 Å². The summed E-state index contributed by atoms with van der Waals surface area (Å²) < 4.78 is 0. The van der Waals surface area contributed by atoms with Gasteiger partial charge in [0, 0.05) is 17.1 Å². The molecule has 53 heavy (non-hydrogen) atoms. The van der Waals surface area contributed by atoms with Crippen LogP contribution in [0.2, 0.25) is 0 Å². The van der Waals surface area contributed by atoms with Crippen molar-refractivity contribution in [2.45, 2.75) is 0 Å². The summed E-state index contributed by atoms with van der Waals surface area (Å²) in [4.78, 5) is 2.36. The second-order valence-electron chi connectivity index (χ2n) is 13.7. The van der Waals surface area contributed by atoms with Crippen LogP contribution in [0.3, 0.4) is 0 Å². The summed E-state index contributed by atoms with van der Waals surface area (Å²) in [6.45, 7) is 0. The summed E-state index contributed by atoms with van der Waals surface area (Å²) in [5, 5.41) is 10.2. The Morgan fingerprint density at radius 3 is 1.36 bits per heavy atom. The number of nitrogens with zero attached hydrogens (tertiary/aromatic N) is 1. The lowest BCUT2D eigenvalue weighted by atomic mass is 9.91. The van der Waals surface area contributed by atoms with Crippen LogP contribution in [-0.4, -0.2) is 0 Å². The Morgan fingerprint density at radius 2 is 0.679 bits per heavy atom. The zero-order valence-electron chi connectivity index (χ0n) is 29.2. The standard InChI is InChI=1S/C52H35N/c1-2-10-36(11-3-1)37-20-28-43(29-21-37)53(44-30-22-40(23-31-44)47-18-8-14-38-12-4-6-16-46(38)47)45-32-24-41(25-33-45)49-19-9-15-42-27-34-50-48-17-7-5-13-39(48)26-35-51(50)52(42)49/h1-35H. The van der Waals surface area contributed by atoms with Gasteiger partial charge in [0.2, 0.25) is 0 Å². The number of fused-ring (bicyclic) bond motifs is 6. The van der Waals surface area contributed by atoms with E-state index >= 15 is 0 Å². The van der Waals surface area contributed by atoms with E-state index in [0.717, 1.165) is 17.1 Å². The molecule has 10 rings (SSSR count). The number of hydrogen-bond donors (Lipinski definition) is 0. The average Bonchev–Trinajstić information content (AvgIpc) is 3.24. The fourth-order valence-electron chi connectivity index (χ4n) is 8.05. The molecular formula is C52H35N. The maximum Gasteiger partial charge on any atom is 0.0462 e. The second kappa shape index (κ2) is 13.0. The fourth-order valence-corrected chi connectivity index (χ4v) is 8.05. The Kier molecular flexibility index (Phi) is 7.55. The molecule has 10 aromatic rings. The Bertz CT molecular complexity index is 2900. The van der Waals surface area contributed by atoms with E-state index in [1.165, 1.54) is 76.5 Å². The van der Waals surface area contributed by atoms with Crippen molar-refractivity contribution in [3.8, 4) is 33.4 Å². The molecule has 0 unspecified atom stereocenters. The van der Waals surface area contributed by atoms with Gasteiger partial charge in [-0.2, -0.15) is 0 Å². The Labute approximate surface area is 309 Å². The minimum absolute atomic E-state index is 1.11. The van der Waals surface area contributed by atoms with Crippen molar-refractivity contribution in [1.29, 1.82) is 0 Å². The monoisotopic (exact) mass is 673 g/mol. The molecule has 248 valence electrons. The maximum absolute atomic E-state index is 2.36. The van der Waals surface area contributed by atoms with Gasteiger partial charge >= 0.3 is 0 Å². The van der Waals surface area contributed by atoms with E-state index in [0.29, 0.717) is 0 Å². The molecule has 0 atom stereocenters. The summed E-state index contributed by atoms with van der Waals surface area (Å²) >= 11 is 0. The van der Waals surface area contributed by atoms with Gasteiger partial charge in [-0.1, -0.05) is 176 Å². The van der Waals surface area contributed by atoms with Crippen LogP contribution >= 0.6 is 0 Å². The van der Waals surface area contributed by atoms with Crippen LogP contribution in [0.5, 0.6) is 0 Å². The van der Waals surface area contributed by atoms with Crippen molar-refractivity contribution in [1.82, 2.24) is 0 Å². The maximum atomic E-state index is 2.36. The largest absolute Gasteiger partial charge is 0.311 e. The lowest BCUT2D eigenvalue weighted by Crippen LogP contribution is -2.09. The minimum Gasteiger partial charge on any atom is -0.311 e. The SMILES string of the molecule is c1ccc(-c2ccc(N(c3ccc(-c4cccc5ccccc45)cc3)c3ccc(-c4cccc5ccc6c7ccccc7ccc6c45)cc3)cc2)cc1. The van der Waals surface area contributed by atoms with Crippen LogP contribution in [-0.2, 0) is 0 Å². The third-order valence-electron chi connectivity index (χ3n) is 10.7. The van der Waals surface area contributed by atoms with Crippen molar-refractivity contribution in [2.75, 3.05) is 4.90 Å². The van der Waals surface area contributed by atoms with Gasteiger partial charge in [0.05, 0.1) is 0 Å². The average molecular weight is 674 g/mol. The van der Waals surface area contributed by atoms with E-state index in [9.17, 15) is 0 Å². The van der Waals surface area contributed by atoms with Gasteiger partial charge in [0.1, 0.15) is 0 Å². The zero-order valence-corrected chi connectivity index (χ0v) is 29.2. The molecule has 0 N–H and O–H groups in total. The van der Waals surface area contributed by atoms with Crippen LogP contribution < -0.4 is 4.90 Å². The molecule has 0 bridgehead atoms. The molecule has 0 spiro atoms. The molecule has 0 aromatic heterocycles. The molecule has 0 saturated heterocycles. The number of anilines is 3. The molecule has 10 aromatic carbocycles. The number of hydrogen-bond acceptors (Lipinski definition) is 1. The van der Waals surface area contributed by atoms with E-state index in [1.54, 1.807) is 0 Å². The Balaban J connectivity index is 1.07. The topological polar surface area (TPSA) is 3.24 Å². The first kappa shape index (κ1) is 30.8. The van der Waals surface area contributed by atoms with Gasteiger partial charge < -0.3 is 4.90 Å². The van der Waals surface area contributed by atoms with E-state index < -0.39 is 0 Å². The predicted octanol–water partition coefficient (Wildman–Crippen LogP) is 14.8. The van der Waals surface area contributed by atoms with Gasteiger partial charge in [-0.3, -0.25) is 0 Å². The normalized spacial score (nSPS) is 11.4. The molecular weight excluding hydrogens is 639 g/mol. The van der Waals surface area contributed by atoms with Crippen LogP contribution in [0.15, 0.2) is 212 Å². The highest BCUT2D eigenvalue weighted by molar-refractivity contribution is 6.20. The number of benzene rings is 10. The minimum atomic E-state index is 1.11. The first-order chi connectivity index (χ1) is 26.3. The van der Waals surface area contributed by atoms with Crippen LogP contribution in [0.1, 0.15) is 0 Å². The van der Waals surface area contributed by atoms with E-state index in [-0.39, 0.29) is 0 Å². The van der Waals surface area contributed by atoms with Gasteiger partial charge in [0.25, 0.3) is 0 Å². The van der Waals surface area contributed by atoms with Gasteiger partial charge in [-0.05, 0) is 113 Å². The molecule has 1 nitrogen and oxygen atoms in total. The third kappa shape index (κ3) is 5.51. The molecule has 0 aliphatic rings. The number of rotatable bonds is 6. The van der Waals surface area contributed by atoms with Crippen molar-refractivity contribution >= 4 is 60.2 Å². The third-order valence-corrected chi connectivity index (χ3v) is 10.7. The molecule has 0 radical (unpaired) electrons. The van der Waals surface area contributed by atoms with Crippen LogP contribution in [0.4, 0.5) is 17.1 Å². The summed E-state index contributed by atoms with van der Waals surface area (Å²) in [5.74, 6) is 0. The van der Waals surface area contributed by atoms with E-state index in [1.807, 2.05) is 0 Å². The van der Waals surface area contributed by atoms with E-state index in [4.69, 9.17) is 0 Å². The predicted molar refractivity (Wildman–Crippen MR) is 227 cm³/mol. The first-order valence-electron chi connectivity index (χ1n) is 18.3. The Morgan fingerprint density at radius 1 is 0.226 bits per heavy atom. The molecule has 0 fully saturated rings. The highest BCUT2D eigenvalue weighted by Gasteiger charge is 2.16. The highest BCUT2D eigenvalue weighted by atomic mass is 15.1. The molecule has 1 heteroatoms. The van der Waals surface area contributed by atoms with Crippen molar-refractivity contribution in [2.24, 2.45) is 0 Å². The summed E-state index contributed by atoms with van der Waals surface area (Å²) in [5.41, 5.74) is 10.6.